The summed E-state index contributed by atoms with van der Waals surface area (Å²) in [5.74, 6) is 0.850. The van der Waals surface area contributed by atoms with Gasteiger partial charge in [-0.2, -0.15) is 0 Å². The SMILES string of the molecule is C=C(C(=O)N1c2nc(-c3ccc(C)nc3)ccc2N2CCC1C2)C1CCCOC1. The van der Waals surface area contributed by atoms with Gasteiger partial charge in [-0.05, 0) is 50.5 Å². The minimum Gasteiger partial charge on any atom is -0.381 e. The second-order valence-corrected chi connectivity index (χ2v) is 8.23. The van der Waals surface area contributed by atoms with Crippen molar-refractivity contribution in [1.29, 1.82) is 0 Å². The lowest BCUT2D eigenvalue weighted by Gasteiger charge is -2.37. The summed E-state index contributed by atoms with van der Waals surface area (Å²) in [6, 6.07) is 8.27. The van der Waals surface area contributed by atoms with Gasteiger partial charge in [0.2, 0.25) is 0 Å². The van der Waals surface area contributed by atoms with E-state index in [4.69, 9.17) is 9.72 Å². The second kappa shape index (κ2) is 7.26. The van der Waals surface area contributed by atoms with Gasteiger partial charge in [0, 0.05) is 48.6 Å². The fraction of sp³-hybridized carbons (Fsp3) is 0.435. The number of fused-ring (bicyclic) bond motifs is 4. The van der Waals surface area contributed by atoms with Crippen molar-refractivity contribution in [1.82, 2.24) is 9.97 Å². The van der Waals surface area contributed by atoms with Crippen LogP contribution in [0.1, 0.15) is 25.0 Å². The molecule has 5 rings (SSSR count). The first kappa shape index (κ1) is 18.3. The van der Waals surface area contributed by atoms with Crippen molar-refractivity contribution in [2.24, 2.45) is 5.92 Å². The molecule has 0 aromatic carbocycles. The molecule has 150 valence electrons. The zero-order valence-corrected chi connectivity index (χ0v) is 16.8. The van der Waals surface area contributed by atoms with Crippen LogP contribution in [0, 0.1) is 12.8 Å². The van der Waals surface area contributed by atoms with E-state index in [1.54, 1.807) is 0 Å². The molecule has 29 heavy (non-hydrogen) atoms. The van der Waals surface area contributed by atoms with Gasteiger partial charge in [-0.15, -0.1) is 0 Å². The number of aryl methyl sites for hydroxylation is 1. The van der Waals surface area contributed by atoms with Gasteiger partial charge >= 0.3 is 0 Å². The van der Waals surface area contributed by atoms with Gasteiger partial charge in [-0.25, -0.2) is 4.98 Å². The number of amides is 1. The lowest BCUT2D eigenvalue weighted by Crippen LogP contribution is -2.48. The molecule has 6 nitrogen and oxygen atoms in total. The standard InChI is InChI=1S/C23H26N4O2/c1-15-5-6-17(12-24-15)20-7-8-21-22(25-20)27(19-9-10-26(21)13-19)23(28)16(2)18-4-3-11-29-14-18/h5-8,12,18-19H,2-4,9-11,13-14H2,1H3. The Kier molecular flexibility index (Phi) is 4.59. The van der Waals surface area contributed by atoms with Gasteiger partial charge in [0.1, 0.15) is 0 Å². The average molecular weight is 390 g/mol. The summed E-state index contributed by atoms with van der Waals surface area (Å²) in [4.78, 5) is 27.1. The van der Waals surface area contributed by atoms with E-state index in [2.05, 4.69) is 22.5 Å². The Morgan fingerprint density at radius 3 is 2.90 bits per heavy atom. The normalized spacial score (nSPS) is 23.1. The van der Waals surface area contributed by atoms with E-state index in [1.165, 1.54) is 0 Å². The molecule has 2 atom stereocenters. The molecular formula is C23H26N4O2. The molecule has 5 heterocycles. The molecule has 3 aliphatic heterocycles. The highest BCUT2D eigenvalue weighted by atomic mass is 16.5. The van der Waals surface area contributed by atoms with Crippen LogP contribution >= 0.6 is 0 Å². The van der Waals surface area contributed by atoms with Crippen molar-refractivity contribution in [3.8, 4) is 11.3 Å². The largest absolute Gasteiger partial charge is 0.381 e. The third-order valence-corrected chi connectivity index (χ3v) is 6.31. The smallest absolute Gasteiger partial charge is 0.255 e. The molecule has 0 aliphatic carbocycles. The Morgan fingerprint density at radius 2 is 2.14 bits per heavy atom. The number of carbonyl (C=O) groups excluding carboxylic acids is 1. The first-order valence-corrected chi connectivity index (χ1v) is 10.4. The maximum Gasteiger partial charge on any atom is 0.255 e. The van der Waals surface area contributed by atoms with Gasteiger partial charge in [0.05, 0.1) is 24.0 Å². The van der Waals surface area contributed by atoms with E-state index in [-0.39, 0.29) is 17.9 Å². The number of carbonyl (C=O) groups is 1. The van der Waals surface area contributed by atoms with Crippen LogP contribution in [-0.4, -0.2) is 48.2 Å². The van der Waals surface area contributed by atoms with Crippen LogP contribution in [0.2, 0.25) is 0 Å². The van der Waals surface area contributed by atoms with Crippen molar-refractivity contribution in [3.05, 3.63) is 48.3 Å². The third-order valence-electron chi connectivity index (χ3n) is 6.31. The van der Waals surface area contributed by atoms with Crippen molar-refractivity contribution >= 4 is 17.4 Å². The Hall–Kier alpha value is -2.73. The third kappa shape index (κ3) is 3.21. The number of aromatic nitrogens is 2. The Morgan fingerprint density at radius 1 is 1.24 bits per heavy atom. The summed E-state index contributed by atoms with van der Waals surface area (Å²) in [5.41, 5.74) is 4.45. The molecule has 0 spiro atoms. The van der Waals surface area contributed by atoms with Crippen molar-refractivity contribution in [3.63, 3.8) is 0 Å². The molecule has 2 saturated heterocycles. The summed E-state index contributed by atoms with van der Waals surface area (Å²) in [5, 5.41) is 0. The van der Waals surface area contributed by atoms with E-state index in [9.17, 15) is 4.79 Å². The highest BCUT2D eigenvalue weighted by Crippen LogP contribution is 2.41. The van der Waals surface area contributed by atoms with Gasteiger partial charge in [0.15, 0.2) is 5.82 Å². The number of hydrogen-bond donors (Lipinski definition) is 0. The second-order valence-electron chi connectivity index (χ2n) is 8.23. The highest BCUT2D eigenvalue weighted by molar-refractivity contribution is 6.08. The number of nitrogens with zero attached hydrogens (tertiary/aromatic N) is 4. The van der Waals surface area contributed by atoms with Crippen LogP contribution in [0.5, 0.6) is 0 Å². The molecule has 2 aromatic rings. The fourth-order valence-electron chi connectivity index (χ4n) is 4.60. The summed E-state index contributed by atoms with van der Waals surface area (Å²) in [7, 11) is 0. The van der Waals surface area contributed by atoms with Gasteiger partial charge in [-0.3, -0.25) is 14.7 Å². The quantitative estimate of drug-likeness (QED) is 0.752. The van der Waals surface area contributed by atoms with Gasteiger partial charge in [0.25, 0.3) is 5.91 Å². The molecule has 2 aromatic heterocycles. The van der Waals surface area contributed by atoms with Gasteiger partial charge < -0.3 is 9.64 Å². The topological polar surface area (TPSA) is 58.6 Å². The number of hydrogen-bond acceptors (Lipinski definition) is 5. The average Bonchev–Trinajstić information content (AvgIpc) is 3.18. The first-order valence-electron chi connectivity index (χ1n) is 10.4. The number of anilines is 2. The molecule has 2 fully saturated rings. The molecule has 1 amide bonds. The van der Waals surface area contributed by atoms with Crippen molar-refractivity contribution < 1.29 is 9.53 Å². The zero-order chi connectivity index (χ0) is 20.0. The van der Waals surface area contributed by atoms with Gasteiger partial charge in [-0.1, -0.05) is 6.58 Å². The zero-order valence-electron chi connectivity index (χ0n) is 16.8. The summed E-state index contributed by atoms with van der Waals surface area (Å²) in [6.45, 7) is 9.32. The van der Waals surface area contributed by atoms with Crippen LogP contribution in [0.25, 0.3) is 11.3 Å². The fourth-order valence-corrected chi connectivity index (χ4v) is 4.60. The number of rotatable bonds is 3. The summed E-state index contributed by atoms with van der Waals surface area (Å²) >= 11 is 0. The maximum atomic E-state index is 13.5. The lowest BCUT2D eigenvalue weighted by atomic mass is 9.93. The molecule has 2 unspecified atom stereocenters. The first-order chi connectivity index (χ1) is 14.1. The number of ether oxygens (including phenoxy) is 1. The molecular weight excluding hydrogens is 364 g/mol. The van der Waals surface area contributed by atoms with Crippen molar-refractivity contribution in [2.75, 3.05) is 36.1 Å². The maximum absolute atomic E-state index is 13.5. The molecule has 0 saturated carbocycles. The minimum absolute atomic E-state index is 0.0000175. The van der Waals surface area contributed by atoms with Crippen molar-refractivity contribution in [2.45, 2.75) is 32.2 Å². The predicted molar refractivity (Wildman–Crippen MR) is 113 cm³/mol. The Bertz CT molecular complexity index is 950. The molecule has 2 bridgehead atoms. The van der Waals surface area contributed by atoms with E-state index >= 15 is 0 Å². The van der Waals surface area contributed by atoms with E-state index in [0.29, 0.717) is 12.2 Å². The molecule has 3 aliphatic rings. The summed E-state index contributed by atoms with van der Waals surface area (Å²) in [6.07, 6.45) is 4.74. The van der Waals surface area contributed by atoms with E-state index < -0.39 is 0 Å². The van der Waals surface area contributed by atoms with Crippen LogP contribution in [0.3, 0.4) is 0 Å². The van der Waals surface area contributed by atoms with Crippen LogP contribution in [-0.2, 0) is 9.53 Å². The molecule has 0 radical (unpaired) electrons. The van der Waals surface area contributed by atoms with E-state index in [1.807, 2.05) is 36.2 Å². The minimum atomic E-state index is -0.0000175. The monoisotopic (exact) mass is 390 g/mol. The Balaban J connectivity index is 1.52. The van der Waals surface area contributed by atoms with Crippen LogP contribution in [0.4, 0.5) is 11.5 Å². The number of pyridine rings is 2. The Labute approximate surface area is 171 Å². The predicted octanol–water partition coefficient (Wildman–Crippen LogP) is 3.36. The molecule has 6 heteroatoms. The lowest BCUT2D eigenvalue weighted by molar-refractivity contribution is -0.116. The summed E-state index contributed by atoms with van der Waals surface area (Å²) < 4.78 is 5.60. The molecule has 0 N–H and O–H groups in total. The van der Waals surface area contributed by atoms with Crippen LogP contribution in [0.15, 0.2) is 42.6 Å². The van der Waals surface area contributed by atoms with E-state index in [0.717, 1.165) is 67.4 Å². The highest BCUT2D eigenvalue weighted by Gasteiger charge is 2.41. The van der Waals surface area contributed by atoms with Crippen LogP contribution < -0.4 is 9.80 Å².